The van der Waals surface area contributed by atoms with Gasteiger partial charge in [0.15, 0.2) is 20.3 Å². The fourth-order valence-corrected chi connectivity index (χ4v) is 4.92. The van der Waals surface area contributed by atoms with Crippen LogP contribution in [0.15, 0.2) is 0 Å². The summed E-state index contributed by atoms with van der Waals surface area (Å²) < 4.78 is 94.3. The molecule has 0 aromatic heterocycles. The van der Waals surface area contributed by atoms with Crippen LogP contribution in [-0.2, 0) is 68.4 Å². The normalized spacial score (nSPS) is 20.8. The standard InChI is InChI=1S/C14H16N2O18S3/c17-9-5-7(36(25,26)27)11(19)15(9)33-13(21)31-1-3-35(23,24)4-2-32-14(22)34-16-10(18)6-8(12(16)20)37(28,29)30/h7-8H,1-6H2,(H,25,26,27)(H,28,29,30)/t7-,8+. The zero-order valence-corrected chi connectivity index (χ0v) is 20.4. The number of amides is 4. The Morgan fingerprint density at radius 2 is 1.03 bits per heavy atom. The molecule has 4 amide bonds. The van der Waals surface area contributed by atoms with Gasteiger partial charge in [-0.25, -0.2) is 18.0 Å². The van der Waals surface area contributed by atoms with E-state index in [0.29, 0.717) is 0 Å². The largest absolute Gasteiger partial charge is 0.533 e. The Balaban J connectivity index is 1.74. The number of rotatable bonds is 10. The summed E-state index contributed by atoms with van der Waals surface area (Å²) in [5.74, 6) is -7.57. The highest BCUT2D eigenvalue weighted by molar-refractivity contribution is 7.91. The highest BCUT2D eigenvalue weighted by Crippen LogP contribution is 2.21. The molecular weight excluding hydrogens is 580 g/mol. The van der Waals surface area contributed by atoms with Gasteiger partial charge in [0.2, 0.25) is 0 Å². The van der Waals surface area contributed by atoms with E-state index in [0.717, 1.165) is 0 Å². The minimum atomic E-state index is -4.96. The zero-order chi connectivity index (χ0) is 28.3. The molecule has 2 rings (SSSR count). The van der Waals surface area contributed by atoms with E-state index in [1.807, 2.05) is 0 Å². The third-order valence-electron chi connectivity index (χ3n) is 4.40. The first kappa shape index (κ1) is 29.8. The molecule has 0 bridgehead atoms. The Hall–Kier alpha value is -3.41. The summed E-state index contributed by atoms with van der Waals surface area (Å²) in [4.78, 5) is 78.0. The first-order valence-corrected chi connectivity index (χ1v) is 14.2. The molecule has 0 aliphatic carbocycles. The summed E-state index contributed by atoms with van der Waals surface area (Å²) in [5.41, 5.74) is 0. The molecule has 37 heavy (non-hydrogen) atoms. The second kappa shape index (κ2) is 10.9. The molecule has 2 fully saturated rings. The Bertz CT molecular complexity index is 1240. The molecule has 0 unspecified atom stereocenters. The Labute approximate surface area is 206 Å². The van der Waals surface area contributed by atoms with Crippen molar-refractivity contribution in [2.75, 3.05) is 24.7 Å². The summed E-state index contributed by atoms with van der Waals surface area (Å²) in [6.07, 6.45) is -5.56. The molecule has 0 radical (unpaired) electrons. The molecule has 0 aromatic carbocycles. The van der Waals surface area contributed by atoms with Crippen molar-refractivity contribution in [2.24, 2.45) is 0 Å². The number of imide groups is 2. The topological polar surface area (TPSA) is 289 Å². The molecule has 23 heteroatoms. The highest BCUT2D eigenvalue weighted by atomic mass is 32.2. The van der Waals surface area contributed by atoms with E-state index < -0.39 is 114 Å². The van der Waals surface area contributed by atoms with E-state index in [9.17, 15) is 54.0 Å². The Kier molecular flexibility index (Phi) is 8.79. The average Bonchev–Trinajstić information content (AvgIpc) is 3.18. The molecule has 20 nitrogen and oxygen atoms in total. The quantitative estimate of drug-likeness (QED) is 0.141. The van der Waals surface area contributed by atoms with Gasteiger partial charge in [-0.2, -0.15) is 16.8 Å². The Morgan fingerprint density at radius 1 is 0.703 bits per heavy atom. The van der Waals surface area contributed by atoms with Gasteiger partial charge in [-0.3, -0.25) is 38.0 Å². The second-order valence-electron chi connectivity index (χ2n) is 7.00. The van der Waals surface area contributed by atoms with E-state index in [4.69, 9.17) is 9.11 Å². The highest BCUT2D eigenvalue weighted by Gasteiger charge is 2.49. The molecule has 2 atom stereocenters. The van der Waals surface area contributed by atoms with Gasteiger partial charge in [0.1, 0.15) is 13.2 Å². The van der Waals surface area contributed by atoms with Crippen molar-refractivity contribution < 1.29 is 82.3 Å². The SMILES string of the molecule is O=C(OCCS(=O)(=O)CCOC(=O)ON1C(=O)C[C@H](S(=O)(=O)O)C1=O)ON1C(=O)C[C@@H](S(=O)(=O)O)C1=O. The van der Waals surface area contributed by atoms with Gasteiger partial charge in [0.25, 0.3) is 43.9 Å². The van der Waals surface area contributed by atoms with Crippen LogP contribution < -0.4 is 0 Å². The van der Waals surface area contributed by atoms with Crippen molar-refractivity contribution in [3.05, 3.63) is 0 Å². The number of nitrogens with zero attached hydrogens (tertiary/aromatic N) is 2. The summed E-state index contributed by atoms with van der Waals surface area (Å²) in [6, 6.07) is 0. The molecule has 2 N–H and O–H groups in total. The molecule has 2 saturated heterocycles. The first-order chi connectivity index (χ1) is 16.8. The summed E-state index contributed by atoms with van der Waals surface area (Å²) in [6.45, 7) is -1.81. The van der Waals surface area contributed by atoms with Crippen LogP contribution in [0.4, 0.5) is 9.59 Å². The lowest BCUT2D eigenvalue weighted by molar-refractivity contribution is -0.177. The van der Waals surface area contributed by atoms with Crippen LogP contribution in [0.25, 0.3) is 0 Å². The fourth-order valence-electron chi connectivity index (χ4n) is 2.63. The minimum Gasteiger partial charge on any atom is -0.432 e. The molecule has 2 aliphatic rings. The van der Waals surface area contributed by atoms with Crippen LogP contribution in [0.1, 0.15) is 12.8 Å². The maximum atomic E-state index is 11.9. The number of sulfone groups is 1. The summed E-state index contributed by atoms with van der Waals surface area (Å²) >= 11 is 0. The van der Waals surface area contributed by atoms with E-state index in [2.05, 4.69) is 19.1 Å². The van der Waals surface area contributed by atoms with E-state index >= 15 is 0 Å². The lowest BCUT2D eigenvalue weighted by Crippen LogP contribution is -2.37. The van der Waals surface area contributed by atoms with Crippen LogP contribution in [0.2, 0.25) is 0 Å². The van der Waals surface area contributed by atoms with Crippen molar-refractivity contribution in [1.29, 1.82) is 0 Å². The van der Waals surface area contributed by atoms with Crippen molar-refractivity contribution in [3.8, 4) is 0 Å². The first-order valence-electron chi connectivity index (χ1n) is 9.39. The van der Waals surface area contributed by atoms with Crippen LogP contribution >= 0.6 is 0 Å². The maximum absolute atomic E-state index is 11.9. The lowest BCUT2D eigenvalue weighted by Gasteiger charge is -2.13. The number of ether oxygens (including phenoxy) is 2. The molecular formula is C14H16N2O18S3. The number of carbonyl (C=O) groups is 6. The molecule has 2 heterocycles. The zero-order valence-electron chi connectivity index (χ0n) is 17.9. The fraction of sp³-hybridized carbons (Fsp3) is 0.571. The Morgan fingerprint density at radius 3 is 1.30 bits per heavy atom. The van der Waals surface area contributed by atoms with Crippen LogP contribution in [0.5, 0.6) is 0 Å². The van der Waals surface area contributed by atoms with E-state index in [1.165, 1.54) is 0 Å². The third-order valence-corrected chi connectivity index (χ3v) is 8.16. The summed E-state index contributed by atoms with van der Waals surface area (Å²) in [5, 5.41) is -4.93. The van der Waals surface area contributed by atoms with Gasteiger partial charge < -0.3 is 9.47 Å². The second-order valence-corrected chi connectivity index (χ2v) is 12.5. The van der Waals surface area contributed by atoms with Crippen LogP contribution in [0.3, 0.4) is 0 Å². The third kappa shape index (κ3) is 7.78. The number of hydrogen-bond acceptors (Lipinski definition) is 16. The van der Waals surface area contributed by atoms with E-state index in [-0.39, 0.29) is 10.1 Å². The van der Waals surface area contributed by atoms with Gasteiger partial charge >= 0.3 is 12.3 Å². The van der Waals surface area contributed by atoms with Gasteiger partial charge in [0, 0.05) is 0 Å². The predicted molar refractivity (Wildman–Crippen MR) is 107 cm³/mol. The molecule has 0 spiro atoms. The number of hydroxylamine groups is 4. The molecule has 0 saturated carbocycles. The van der Waals surface area contributed by atoms with Gasteiger partial charge in [-0.05, 0) is 0 Å². The lowest BCUT2D eigenvalue weighted by atomic mass is 10.4. The van der Waals surface area contributed by atoms with Crippen molar-refractivity contribution in [1.82, 2.24) is 10.1 Å². The molecule has 208 valence electrons. The predicted octanol–water partition coefficient (Wildman–Crippen LogP) is -3.43. The van der Waals surface area contributed by atoms with Gasteiger partial charge in [-0.1, -0.05) is 10.1 Å². The number of carbonyl (C=O) groups excluding carboxylic acids is 6. The smallest absolute Gasteiger partial charge is 0.432 e. The van der Waals surface area contributed by atoms with Gasteiger partial charge in [-0.15, -0.1) is 0 Å². The van der Waals surface area contributed by atoms with Crippen molar-refractivity contribution >= 4 is 66.0 Å². The van der Waals surface area contributed by atoms with E-state index in [1.54, 1.807) is 0 Å². The van der Waals surface area contributed by atoms with Crippen molar-refractivity contribution in [3.63, 3.8) is 0 Å². The molecule has 2 aliphatic heterocycles. The van der Waals surface area contributed by atoms with Gasteiger partial charge in [0.05, 0.1) is 24.3 Å². The van der Waals surface area contributed by atoms with Crippen molar-refractivity contribution in [2.45, 2.75) is 23.3 Å². The average molecular weight is 596 g/mol. The summed E-state index contributed by atoms with van der Waals surface area (Å²) in [7, 11) is -14.0. The molecule has 0 aromatic rings. The maximum Gasteiger partial charge on any atom is 0.533 e. The number of hydrogen-bond donors (Lipinski definition) is 2. The minimum absolute atomic E-state index is 0.275. The van der Waals surface area contributed by atoms with Crippen LogP contribution in [-0.4, -0.2) is 116 Å². The monoisotopic (exact) mass is 596 g/mol. The van der Waals surface area contributed by atoms with Crippen LogP contribution in [0, 0.1) is 0 Å².